The molecule has 2 N–H and O–H groups in total. The number of rotatable bonds is 10. The van der Waals surface area contributed by atoms with Crippen LogP contribution in [-0.4, -0.2) is 34.7 Å². The fourth-order valence-electron chi connectivity index (χ4n) is 1.52. The van der Waals surface area contributed by atoms with Gasteiger partial charge in [-0.15, -0.1) is 0 Å². The van der Waals surface area contributed by atoms with Crippen LogP contribution in [0.1, 0.15) is 26.0 Å². The summed E-state index contributed by atoms with van der Waals surface area (Å²) in [6, 6.07) is 1.53. The van der Waals surface area contributed by atoms with Crippen LogP contribution in [0.2, 0.25) is 0 Å². The van der Waals surface area contributed by atoms with Crippen molar-refractivity contribution in [2.24, 2.45) is 0 Å². The molecule has 0 aliphatic heterocycles. The highest BCUT2D eigenvalue weighted by Crippen LogP contribution is 2.25. The summed E-state index contributed by atoms with van der Waals surface area (Å²) >= 11 is 3.14. The summed E-state index contributed by atoms with van der Waals surface area (Å²) in [7, 11) is -3.56. The van der Waals surface area contributed by atoms with Gasteiger partial charge in [-0.1, -0.05) is 6.92 Å². The molecule has 8 heteroatoms. The molecule has 0 unspecified atom stereocenters. The first-order valence-corrected chi connectivity index (χ1v) is 8.85. The Bertz CT molecular complexity index is 502. The standard InChI is InChI=1S/C12H21BrN2O4S/c1-3-14-9-10-8-11(12(13)19-10)20(16,17)15-6-5-7-18-4-2/h8,14-15H,3-7,9H2,1-2H3. The molecule has 1 aromatic rings. The quantitative estimate of drug-likeness (QED) is 0.616. The molecule has 0 aromatic carbocycles. The van der Waals surface area contributed by atoms with Crippen molar-refractivity contribution in [3.8, 4) is 0 Å². The third-order valence-electron chi connectivity index (χ3n) is 2.51. The van der Waals surface area contributed by atoms with Crippen molar-refractivity contribution in [3.63, 3.8) is 0 Å². The van der Waals surface area contributed by atoms with E-state index in [1.54, 1.807) is 0 Å². The van der Waals surface area contributed by atoms with E-state index in [1.807, 2.05) is 13.8 Å². The Morgan fingerprint density at radius 1 is 1.40 bits per heavy atom. The number of sulfonamides is 1. The van der Waals surface area contributed by atoms with Gasteiger partial charge in [0, 0.05) is 25.8 Å². The number of hydrogen-bond donors (Lipinski definition) is 2. The molecule has 1 heterocycles. The zero-order valence-electron chi connectivity index (χ0n) is 11.7. The van der Waals surface area contributed by atoms with Gasteiger partial charge in [0.25, 0.3) is 0 Å². The van der Waals surface area contributed by atoms with E-state index in [0.717, 1.165) is 6.54 Å². The Kier molecular flexibility index (Phi) is 7.75. The van der Waals surface area contributed by atoms with E-state index in [0.29, 0.717) is 38.5 Å². The number of hydrogen-bond acceptors (Lipinski definition) is 5. The molecular weight excluding hydrogens is 348 g/mol. The van der Waals surface area contributed by atoms with E-state index in [2.05, 4.69) is 26.0 Å². The minimum atomic E-state index is -3.56. The maximum atomic E-state index is 12.1. The maximum Gasteiger partial charge on any atom is 0.244 e. The molecule has 1 rings (SSSR count). The van der Waals surface area contributed by atoms with Gasteiger partial charge in [-0.2, -0.15) is 0 Å². The molecular formula is C12H21BrN2O4S. The second kappa shape index (κ2) is 8.78. The number of halogens is 1. The minimum absolute atomic E-state index is 0.127. The molecule has 0 saturated carbocycles. The van der Waals surface area contributed by atoms with Gasteiger partial charge in [0.1, 0.15) is 10.7 Å². The van der Waals surface area contributed by atoms with Gasteiger partial charge >= 0.3 is 0 Å². The monoisotopic (exact) mass is 368 g/mol. The van der Waals surface area contributed by atoms with E-state index in [4.69, 9.17) is 9.15 Å². The van der Waals surface area contributed by atoms with E-state index >= 15 is 0 Å². The van der Waals surface area contributed by atoms with Crippen LogP contribution in [0.5, 0.6) is 0 Å². The van der Waals surface area contributed by atoms with E-state index in [9.17, 15) is 8.42 Å². The van der Waals surface area contributed by atoms with Crippen LogP contribution < -0.4 is 10.0 Å². The summed E-state index contributed by atoms with van der Waals surface area (Å²) in [5.41, 5.74) is 0. The van der Waals surface area contributed by atoms with Crippen molar-refractivity contribution in [1.82, 2.24) is 10.0 Å². The Balaban J connectivity index is 2.60. The molecule has 1 aromatic heterocycles. The maximum absolute atomic E-state index is 12.1. The minimum Gasteiger partial charge on any atom is -0.452 e. The first kappa shape index (κ1) is 17.6. The van der Waals surface area contributed by atoms with Crippen molar-refractivity contribution in [2.75, 3.05) is 26.3 Å². The average Bonchev–Trinajstić information content (AvgIpc) is 2.78. The van der Waals surface area contributed by atoms with Crippen LogP contribution >= 0.6 is 15.9 Å². The Labute approximate surface area is 128 Å². The van der Waals surface area contributed by atoms with E-state index < -0.39 is 10.0 Å². The van der Waals surface area contributed by atoms with Crippen LogP contribution in [-0.2, 0) is 21.3 Å². The first-order chi connectivity index (χ1) is 9.51. The van der Waals surface area contributed by atoms with Crippen molar-refractivity contribution in [2.45, 2.75) is 31.7 Å². The van der Waals surface area contributed by atoms with Gasteiger partial charge < -0.3 is 14.5 Å². The summed E-state index contributed by atoms with van der Waals surface area (Å²) in [5.74, 6) is 0.577. The number of nitrogens with one attached hydrogen (secondary N) is 2. The normalized spacial score (nSPS) is 11.9. The predicted octanol–water partition coefficient (Wildman–Crippen LogP) is 1.86. The Morgan fingerprint density at radius 3 is 2.80 bits per heavy atom. The van der Waals surface area contributed by atoms with Crippen LogP contribution in [0.15, 0.2) is 20.0 Å². The van der Waals surface area contributed by atoms with Crippen LogP contribution in [0.4, 0.5) is 0 Å². The first-order valence-electron chi connectivity index (χ1n) is 6.57. The molecule has 0 atom stereocenters. The highest BCUT2D eigenvalue weighted by atomic mass is 79.9. The Morgan fingerprint density at radius 2 is 2.15 bits per heavy atom. The SMILES string of the molecule is CCNCc1cc(S(=O)(=O)NCCCOCC)c(Br)o1. The fraction of sp³-hybridized carbons (Fsp3) is 0.667. The average molecular weight is 369 g/mol. The molecule has 0 aliphatic rings. The summed E-state index contributed by atoms with van der Waals surface area (Å²) in [6.07, 6.45) is 0.632. The molecule has 0 aliphatic carbocycles. The molecule has 20 heavy (non-hydrogen) atoms. The molecule has 0 bridgehead atoms. The van der Waals surface area contributed by atoms with E-state index in [1.165, 1.54) is 6.07 Å². The van der Waals surface area contributed by atoms with Crippen molar-refractivity contribution in [3.05, 3.63) is 16.5 Å². The molecule has 0 saturated heterocycles. The zero-order valence-corrected chi connectivity index (χ0v) is 14.1. The number of ether oxygens (including phenoxy) is 1. The summed E-state index contributed by atoms with van der Waals surface area (Å²) in [6.45, 7) is 6.66. The highest BCUT2D eigenvalue weighted by molar-refractivity contribution is 9.10. The highest BCUT2D eigenvalue weighted by Gasteiger charge is 2.21. The van der Waals surface area contributed by atoms with Gasteiger partial charge in [-0.25, -0.2) is 13.1 Å². The van der Waals surface area contributed by atoms with Gasteiger partial charge in [0.15, 0.2) is 4.67 Å². The van der Waals surface area contributed by atoms with Crippen LogP contribution in [0.3, 0.4) is 0 Å². The van der Waals surface area contributed by atoms with Gasteiger partial charge in [-0.05, 0) is 35.8 Å². The lowest BCUT2D eigenvalue weighted by atomic mass is 10.4. The molecule has 116 valence electrons. The lowest BCUT2D eigenvalue weighted by Gasteiger charge is -2.05. The van der Waals surface area contributed by atoms with Crippen molar-refractivity contribution >= 4 is 26.0 Å². The molecule has 0 radical (unpaired) electrons. The smallest absolute Gasteiger partial charge is 0.244 e. The molecule has 0 amide bonds. The summed E-state index contributed by atoms with van der Waals surface area (Å²) in [4.78, 5) is 0.127. The van der Waals surface area contributed by atoms with Crippen LogP contribution in [0.25, 0.3) is 0 Å². The second-order valence-corrected chi connectivity index (χ2v) is 6.53. The lowest BCUT2D eigenvalue weighted by Crippen LogP contribution is -2.25. The largest absolute Gasteiger partial charge is 0.452 e. The molecule has 6 nitrogen and oxygen atoms in total. The molecule has 0 fully saturated rings. The van der Waals surface area contributed by atoms with Gasteiger partial charge in [0.2, 0.25) is 10.0 Å². The fourth-order valence-corrected chi connectivity index (χ4v) is 3.59. The van der Waals surface area contributed by atoms with Crippen molar-refractivity contribution in [1.29, 1.82) is 0 Å². The summed E-state index contributed by atoms with van der Waals surface area (Å²) in [5, 5.41) is 3.08. The molecule has 0 spiro atoms. The second-order valence-electron chi connectivity index (χ2n) is 4.08. The third kappa shape index (κ3) is 5.53. The summed E-state index contributed by atoms with van der Waals surface area (Å²) < 4.78 is 37.5. The van der Waals surface area contributed by atoms with E-state index in [-0.39, 0.29) is 9.56 Å². The zero-order chi connectivity index (χ0) is 15.0. The van der Waals surface area contributed by atoms with Crippen molar-refractivity contribution < 1.29 is 17.6 Å². The van der Waals surface area contributed by atoms with Gasteiger partial charge in [-0.3, -0.25) is 0 Å². The predicted molar refractivity (Wildman–Crippen MR) is 80.1 cm³/mol. The third-order valence-corrected chi connectivity index (χ3v) is 4.82. The van der Waals surface area contributed by atoms with Crippen LogP contribution in [0, 0.1) is 0 Å². The number of furan rings is 1. The van der Waals surface area contributed by atoms with Gasteiger partial charge in [0.05, 0.1) is 6.54 Å². The lowest BCUT2D eigenvalue weighted by molar-refractivity contribution is 0.146. The Hall–Kier alpha value is -0.410. The topological polar surface area (TPSA) is 80.6 Å².